The molecule has 0 heterocycles. The molecular weight excluding hydrogens is 266 g/mol. The predicted molar refractivity (Wildman–Crippen MR) is 88.3 cm³/mol. The lowest BCUT2D eigenvalue weighted by atomic mass is 9.91. The summed E-state index contributed by atoms with van der Waals surface area (Å²) in [7, 11) is 0. The molecule has 0 saturated heterocycles. The molecule has 112 valence electrons. The van der Waals surface area contributed by atoms with Crippen LogP contribution < -0.4 is 10.5 Å². The maximum Gasteiger partial charge on any atom is 0.119 e. The second-order valence-corrected chi connectivity index (χ2v) is 7.22. The SMILES string of the molecule is CC1CCCC(SCCCOc2ccc(CN)cc2)C1. The van der Waals surface area contributed by atoms with E-state index in [0.717, 1.165) is 35.5 Å². The van der Waals surface area contributed by atoms with E-state index in [1.54, 1.807) is 0 Å². The van der Waals surface area contributed by atoms with Gasteiger partial charge in [0.1, 0.15) is 5.75 Å². The molecular formula is C17H27NOS. The monoisotopic (exact) mass is 293 g/mol. The molecule has 1 aromatic carbocycles. The van der Waals surface area contributed by atoms with Crippen LogP contribution in [0.1, 0.15) is 44.6 Å². The van der Waals surface area contributed by atoms with Crippen LogP contribution in [-0.4, -0.2) is 17.6 Å². The Kier molecular flexibility index (Phi) is 6.74. The van der Waals surface area contributed by atoms with Gasteiger partial charge in [0.25, 0.3) is 0 Å². The number of ether oxygens (including phenoxy) is 1. The van der Waals surface area contributed by atoms with Gasteiger partial charge in [-0.15, -0.1) is 0 Å². The minimum absolute atomic E-state index is 0.594. The van der Waals surface area contributed by atoms with Crippen LogP contribution in [0.5, 0.6) is 5.75 Å². The molecule has 2 unspecified atom stereocenters. The van der Waals surface area contributed by atoms with Crippen LogP contribution in [-0.2, 0) is 6.54 Å². The van der Waals surface area contributed by atoms with Crippen molar-refractivity contribution in [2.45, 2.75) is 50.8 Å². The number of thioether (sulfide) groups is 1. The van der Waals surface area contributed by atoms with Gasteiger partial charge in [0, 0.05) is 11.8 Å². The Morgan fingerprint density at radius 1 is 1.25 bits per heavy atom. The first-order valence-corrected chi connectivity index (χ1v) is 8.86. The average molecular weight is 293 g/mol. The molecule has 2 atom stereocenters. The van der Waals surface area contributed by atoms with E-state index in [9.17, 15) is 0 Å². The fourth-order valence-electron chi connectivity index (χ4n) is 2.75. The molecule has 1 saturated carbocycles. The summed E-state index contributed by atoms with van der Waals surface area (Å²) in [4.78, 5) is 0. The van der Waals surface area contributed by atoms with Gasteiger partial charge in [0.05, 0.1) is 6.61 Å². The summed E-state index contributed by atoms with van der Waals surface area (Å²) >= 11 is 2.15. The Bertz CT molecular complexity index is 379. The third-order valence-electron chi connectivity index (χ3n) is 3.96. The van der Waals surface area contributed by atoms with Gasteiger partial charge < -0.3 is 10.5 Å². The molecule has 0 spiro atoms. The summed E-state index contributed by atoms with van der Waals surface area (Å²) in [6, 6.07) is 8.09. The summed E-state index contributed by atoms with van der Waals surface area (Å²) in [6.07, 6.45) is 6.80. The smallest absolute Gasteiger partial charge is 0.119 e. The van der Waals surface area contributed by atoms with Crippen molar-refractivity contribution in [3.05, 3.63) is 29.8 Å². The number of nitrogens with two attached hydrogens (primary N) is 1. The fraction of sp³-hybridized carbons (Fsp3) is 0.647. The predicted octanol–water partition coefficient (Wildman–Crippen LogP) is 4.23. The minimum Gasteiger partial charge on any atom is -0.494 e. The quantitative estimate of drug-likeness (QED) is 0.764. The first-order chi connectivity index (χ1) is 9.78. The highest BCUT2D eigenvalue weighted by atomic mass is 32.2. The van der Waals surface area contributed by atoms with Gasteiger partial charge >= 0.3 is 0 Å². The summed E-state index contributed by atoms with van der Waals surface area (Å²) in [5.41, 5.74) is 6.73. The van der Waals surface area contributed by atoms with Crippen LogP contribution in [0.3, 0.4) is 0 Å². The Hall–Kier alpha value is -0.670. The first kappa shape index (κ1) is 15.7. The molecule has 1 aliphatic rings. The molecule has 0 amide bonds. The molecule has 2 nitrogen and oxygen atoms in total. The number of hydrogen-bond acceptors (Lipinski definition) is 3. The van der Waals surface area contributed by atoms with Gasteiger partial charge in [-0.05, 0) is 48.6 Å². The van der Waals surface area contributed by atoms with E-state index < -0.39 is 0 Å². The molecule has 1 fully saturated rings. The van der Waals surface area contributed by atoms with Crippen molar-refractivity contribution in [1.29, 1.82) is 0 Å². The van der Waals surface area contributed by atoms with Crippen molar-refractivity contribution in [1.82, 2.24) is 0 Å². The van der Waals surface area contributed by atoms with Crippen LogP contribution >= 0.6 is 11.8 Å². The molecule has 1 aliphatic carbocycles. The lowest BCUT2D eigenvalue weighted by Crippen LogP contribution is -2.15. The Labute approximate surface area is 127 Å². The average Bonchev–Trinajstić information content (AvgIpc) is 2.48. The summed E-state index contributed by atoms with van der Waals surface area (Å²) in [5.74, 6) is 3.11. The topological polar surface area (TPSA) is 35.2 Å². The summed E-state index contributed by atoms with van der Waals surface area (Å²) in [6.45, 7) is 3.80. The third kappa shape index (κ3) is 5.37. The lowest BCUT2D eigenvalue weighted by molar-refractivity contribution is 0.318. The largest absolute Gasteiger partial charge is 0.494 e. The van der Waals surface area contributed by atoms with Crippen molar-refractivity contribution in [2.24, 2.45) is 11.7 Å². The Morgan fingerprint density at radius 3 is 2.75 bits per heavy atom. The molecule has 0 aromatic heterocycles. The van der Waals surface area contributed by atoms with Crippen molar-refractivity contribution in [3.8, 4) is 5.75 Å². The van der Waals surface area contributed by atoms with Crippen LogP contribution in [0.25, 0.3) is 0 Å². The van der Waals surface area contributed by atoms with Gasteiger partial charge in [-0.25, -0.2) is 0 Å². The van der Waals surface area contributed by atoms with Crippen LogP contribution in [0.2, 0.25) is 0 Å². The number of rotatable bonds is 7. The molecule has 0 aliphatic heterocycles. The number of benzene rings is 1. The van der Waals surface area contributed by atoms with Gasteiger partial charge in [0.15, 0.2) is 0 Å². The molecule has 20 heavy (non-hydrogen) atoms. The molecule has 0 radical (unpaired) electrons. The van der Waals surface area contributed by atoms with E-state index in [1.165, 1.54) is 31.4 Å². The van der Waals surface area contributed by atoms with Gasteiger partial charge in [-0.2, -0.15) is 11.8 Å². The van der Waals surface area contributed by atoms with E-state index >= 15 is 0 Å². The molecule has 1 aromatic rings. The first-order valence-electron chi connectivity index (χ1n) is 7.81. The van der Waals surface area contributed by atoms with E-state index in [4.69, 9.17) is 10.5 Å². The zero-order valence-corrected chi connectivity index (χ0v) is 13.3. The van der Waals surface area contributed by atoms with Crippen LogP contribution in [0.15, 0.2) is 24.3 Å². The van der Waals surface area contributed by atoms with Gasteiger partial charge in [-0.1, -0.05) is 31.9 Å². The summed E-state index contributed by atoms with van der Waals surface area (Å²) in [5, 5.41) is 0.891. The maximum atomic E-state index is 5.76. The zero-order valence-electron chi connectivity index (χ0n) is 12.5. The standard InChI is InChI=1S/C17H27NOS/c1-14-4-2-5-17(12-14)20-11-3-10-19-16-8-6-15(13-18)7-9-16/h6-9,14,17H,2-5,10-13,18H2,1H3. The number of hydrogen-bond donors (Lipinski definition) is 1. The highest BCUT2D eigenvalue weighted by Crippen LogP contribution is 2.32. The fourth-order valence-corrected chi connectivity index (χ4v) is 4.17. The van der Waals surface area contributed by atoms with Crippen molar-refractivity contribution < 1.29 is 4.74 Å². The van der Waals surface area contributed by atoms with Crippen LogP contribution in [0, 0.1) is 5.92 Å². The van der Waals surface area contributed by atoms with E-state index in [1.807, 2.05) is 24.3 Å². The molecule has 2 N–H and O–H groups in total. The zero-order chi connectivity index (χ0) is 14.2. The van der Waals surface area contributed by atoms with E-state index in [2.05, 4.69) is 18.7 Å². The second-order valence-electron chi connectivity index (χ2n) is 5.81. The van der Waals surface area contributed by atoms with E-state index in [-0.39, 0.29) is 0 Å². The van der Waals surface area contributed by atoms with Crippen LogP contribution in [0.4, 0.5) is 0 Å². The Balaban J connectivity index is 1.56. The van der Waals surface area contributed by atoms with Crippen molar-refractivity contribution in [2.75, 3.05) is 12.4 Å². The molecule has 3 heteroatoms. The highest BCUT2D eigenvalue weighted by molar-refractivity contribution is 7.99. The molecule has 0 bridgehead atoms. The maximum absolute atomic E-state index is 5.76. The second kappa shape index (κ2) is 8.58. The third-order valence-corrected chi connectivity index (χ3v) is 5.38. The van der Waals surface area contributed by atoms with Crippen molar-refractivity contribution >= 4 is 11.8 Å². The summed E-state index contributed by atoms with van der Waals surface area (Å²) < 4.78 is 5.76. The minimum atomic E-state index is 0.594. The van der Waals surface area contributed by atoms with Gasteiger partial charge in [-0.3, -0.25) is 0 Å². The normalized spacial score (nSPS) is 22.7. The van der Waals surface area contributed by atoms with Crippen molar-refractivity contribution in [3.63, 3.8) is 0 Å². The van der Waals surface area contributed by atoms with E-state index in [0.29, 0.717) is 6.54 Å². The lowest BCUT2D eigenvalue weighted by Gasteiger charge is -2.26. The Morgan fingerprint density at radius 2 is 2.05 bits per heavy atom. The highest BCUT2D eigenvalue weighted by Gasteiger charge is 2.18. The van der Waals surface area contributed by atoms with Gasteiger partial charge in [0.2, 0.25) is 0 Å². The molecule has 2 rings (SSSR count).